The molecule has 0 aliphatic carbocycles. The summed E-state index contributed by atoms with van der Waals surface area (Å²) in [4.78, 5) is 29.0. The lowest BCUT2D eigenvalue weighted by atomic mass is 10.1. The van der Waals surface area contributed by atoms with Crippen molar-refractivity contribution in [1.82, 2.24) is 15.1 Å². The summed E-state index contributed by atoms with van der Waals surface area (Å²) in [6.45, 7) is 4.41. The highest BCUT2D eigenvalue weighted by Gasteiger charge is 2.32. The van der Waals surface area contributed by atoms with Crippen molar-refractivity contribution in [1.29, 1.82) is 0 Å². The molecule has 2 amide bonds. The number of likely N-dealkylation sites (N-methyl/N-ethyl adjacent to an activating group) is 1. The van der Waals surface area contributed by atoms with Crippen molar-refractivity contribution in [2.24, 2.45) is 0 Å². The van der Waals surface area contributed by atoms with Crippen LogP contribution in [0.25, 0.3) is 0 Å². The summed E-state index contributed by atoms with van der Waals surface area (Å²) < 4.78 is 13.7. The first-order valence-electron chi connectivity index (χ1n) is 9.74. The van der Waals surface area contributed by atoms with Gasteiger partial charge in [-0.15, -0.1) is 0 Å². The van der Waals surface area contributed by atoms with Crippen molar-refractivity contribution < 1.29 is 14.0 Å². The molecule has 6 nitrogen and oxygen atoms in total. The Balaban J connectivity index is 1.62. The van der Waals surface area contributed by atoms with E-state index in [9.17, 15) is 14.0 Å². The van der Waals surface area contributed by atoms with Gasteiger partial charge < -0.3 is 10.6 Å². The van der Waals surface area contributed by atoms with Crippen LogP contribution in [0.2, 0.25) is 0 Å². The number of benzene rings is 2. The van der Waals surface area contributed by atoms with Gasteiger partial charge in [0.2, 0.25) is 11.8 Å². The van der Waals surface area contributed by atoms with E-state index >= 15 is 0 Å². The van der Waals surface area contributed by atoms with E-state index in [1.54, 1.807) is 26.1 Å². The van der Waals surface area contributed by atoms with Crippen molar-refractivity contribution in [3.8, 4) is 0 Å². The second-order valence-electron chi connectivity index (χ2n) is 7.33. The van der Waals surface area contributed by atoms with Crippen molar-refractivity contribution in [3.05, 3.63) is 65.5 Å². The quantitative estimate of drug-likeness (QED) is 0.781. The number of nitrogens with one attached hydrogen (secondary N) is 2. The molecule has 0 unspecified atom stereocenters. The Bertz CT molecular complexity index is 859. The minimum Gasteiger partial charge on any atom is -0.358 e. The highest BCUT2D eigenvalue weighted by Crippen LogP contribution is 2.16. The summed E-state index contributed by atoms with van der Waals surface area (Å²) in [7, 11) is 1.60. The summed E-state index contributed by atoms with van der Waals surface area (Å²) in [5, 5.41) is 5.42. The fourth-order valence-electron chi connectivity index (χ4n) is 3.52. The minimum absolute atomic E-state index is 0.0761. The van der Waals surface area contributed by atoms with Crippen LogP contribution in [0.15, 0.2) is 48.5 Å². The molecule has 2 N–H and O–H groups in total. The summed E-state index contributed by atoms with van der Waals surface area (Å²) in [5.74, 6) is -0.740. The van der Waals surface area contributed by atoms with Gasteiger partial charge in [0, 0.05) is 38.9 Å². The number of anilines is 1. The SMILES string of the molecule is CNC(=O)[C@@H]1CN(Cc2ccccc2)CCN1CC(=O)Nc1ccc(C)c(F)c1. The standard InChI is InChI=1S/C22H27FN4O2/c1-16-8-9-18(12-19(16)23)25-21(28)15-27-11-10-26(14-20(27)22(29)24-2)13-17-6-4-3-5-7-17/h3-9,12,20H,10-11,13-15H2,1-2H3,(H,24,29)(H,25,28)/t20-/m0/s1. The lowest BCUT2D eigenvalue weighted by Crippen LogP contribution is -2.59. The number of nitrogens with zero attached hydrogens (tertiary/aromatic N) is 2. The number of carbonyl (C=O) groups excluding carboxylic acids is 2. The third-order valence-electron chi connectivity index (χ3n) is 5.18. The maximum Gasteiger partial charge on any atom is 0.238 e. The Morgan fingerprint density at radius 1 is 1.14 bits per heavy atom. The summed E-state index contributed by atoms with van der Waals surface area (Å²) >= 11 is 0. The van der Waals surface area contributed by atoms with Gasteiger partial charge in [0.05, 0.1) is 6.54 Å². The zero-order valence-corrected chi connectivity index (χ0v) is 16.8. The number of aryl methyl sites for hydroxylation is 1. The highest BCUT2D eigenvalue weighted by molar-refractivity contribution is 5.93. The lowest BCUT2D eigenvalue weighted by molar-refractivity contribution is -0.130. The topological polar surface area (TPSA) is 64.7 Å². The third-order valence-corrected chi connectivity index (χ3v) is 5.18. The smallest absolute Gasteiger partial charge is 0.238 e. The van der Waals surface area contributed by atoms with E-state index in [2.05, 4.69) is 27.7 Å². The summed E-state index contributed by atoms with van der Waals surface area (Å²) in [6.07, 6.45) is 0. The van der Waals surface area contributed by atoms with E-state index < -0.39 is 6.04 Å². The molecule has 1 aliphatic heterocycles. The van der Waals surface area contributed by atoms with Crippen molar-refractivity contribution in [2.45, 2.75) is 19.5 Å². The fraction of sp³-hybridized carbons (Fsp3) is 0.364. The van der Waals surface area contributed by atoms with Crippen LogP contribution in [0.3, 0.4) is 0 Å². The van der Waals surface area contributed by atoms with Crippen LogP contribution in [0.4, 0.5) is 10.1 Å². The van der Waals surface area contributed by atoms with Crippen molar-refractivity contribution >= 4 is 17.5 Å². The normalized spacial score (nSPS) is 17.7. The Kier molecular flexibility index (Phi) is 6.95. The molecule has 1 aliphatic rings. The molecule has 2 aromatic rings. The number of piperazine rings is 1. The van der Waals surface area contributed by atoms with Gasteiger partial charge in [0.1, 0.15) is 11.9 Å². The first-order valence-corrected chi connectivity index (χ1v) is 9.74. The molecule has 154 valence electrons. The van der Waals surface area contributed by atoms with Gasteiger partial charge in [-0.05, 0) is 30.2 Å². The van der Waals surface area contributed by atoms with Crippen LogP contribution in [-0.4, -0.2) is 60.9 Å². The molecule has 1 saturated heterocycles. The Hall–Kier alpha value is -2.77. The van der Waals surface area contributed by atoms with Gasteiger partial charge in [0.15, 0.2) is 0 Å². The van der Waals surface area contributed by atoms with Crippen LogP contribution in [0.5, 0.6) is 0 Å². The second kappa shape index (κ2) is 9.62. The maximum absolute atomic E-state index is 13.7. The molecule has 0 bridgehead atoms. The molecule has 0 saturated carbocycles. The largest absolute Gasteiger partial charge is 0.358 e. The number of carbonyl (C=O) groups is 2. The van der Waals surface area contributed by atoms with E-state index in [-0.39, 0.29) is 24.2 Å². The summed E-state index contributed by atoms with van der Waals surface area (Å²) in [6, 6.07) is 14.3. The molecule has 0 radical (unpaired) electrons. The van der Waals surface area contributed by atoms with Gasteiger partial charge in [-0.2, -0.15) is 0 Å². The zero-order valence-electron chi connectivity index (χ0n) is 16.8. The number of hydrogen-bond donors (Lipinski definition) is 2. The molecular formula is C22H27FN4O2. The van der Waals surface area contributed by atoms with Gasteiger partial charge in [-0.3, -0.25) is 19.4 Å². The van der Waals surface area contributed by atoms with E-state index in [4.69, 9.17) is 0 Å². The average molecular weight is 398 g/mol. The molecule has 0 spiro atoms. The number of hydrogen-bond acceptors (Lipinski definition) is 4. The number of amides is 2. The maximum atomic E-state index is 13.7. The molecule has 1 atom stereocenters. The predicted molar refractivity (Wildman–Crippen MR) is 111 cm³/mol. The first kappa shape index (κ1) is 21.0. The lowest BCUT2D eigenvalue weighted by Gasteiger charge is -2.40. The number of halogens is 1. The average Bonchev–Trinajstić information content (AvgIpc) is 2.72. The molecule has 3 rings (SSSR count). The minimum atomic E-state index is -0.419. The molecule has 1 fully saturated rings. The predicted octanol–water partition coefficient (Wildman–Crippen LogP) is 2.01. The monoisotopic (exact) mass is 398 g/mol. The van der Waals surface area contributed by atoms with Crippen LogP contribution in [0.1, 0.15) is 11.1 Å². The fourth-order valence-corrected chi connectivity index (χ4v) is 3.52. The van der Waals surface area contributed by atoms with Crippen molar-refractivity contribution in [3.63, 3.8) is 0 Å². The van der Waals surface area contributed by atoms with Crippen LogP contribution >= 0.6 is 0 Å². The second-order valence-corrected chi connectivity index (χ2v) is 7.33. The highest BCUT2D eigenvalue weighted by atomic mass is 19.1. The molecule has 2 aromatic carbocycles. The molecular weight excluding hydrogens is 371 g/mol. The third kappa shape index (κ3) is 5.62. The van der Waals surface area contributed by atoms with Crippen LogP contribution in [-0.2, 0) is 16.1 Å². The van der Waals surface area contributed by atoms with Gasteiger partial charge in [-0.25, -0.2) is 4.39 Å². The zero-order chi connectivity index (χ0) is 20.8. The van der Waals surface area contributed by atoms with Crippen LogP contribution in [0, 0.1) is 12.7 Å². The molecule has 29 heavy (non-hydrogen) atoms. The van der Waals surface area contributed by atoms with Gasteiger partial charge in [-0.1, -0.05) is 36.4 Å². The molecule has 7 heteroatoms. The Labute approximate surface area is 170 Å². The number of rotatable bonds is 6. The van der Waals surface area contributed by atoms with Crippen LogP contribution < -0.4 is 10.6 Å². The van der Waals surface area contributed by atoms with E-state index in [1.165, 1.54) is 11.6 Å². The first-order chi connectivity index (χ1) is 14.0. The molecule has 0 aromatic heterocycles. The van der Waals surface area contributed by atoms with E-state index in [0.717, 1.165) is 13.1 Å². The Morgan fingerprint density at radius 2 is 1.90 bits per heavy atom. The Morgan fingerprint density at radius 3 is 2.59 bits per heavy atom. The van der Waals surface area contributed by atoms with E-state index in [0.29, 0.717) is 24.3 Å². The molecule has 1 heterocycles. The van der Waals surface area contributed by atoms with Crippen molar-refractivity contribution in [2.75, 3.05) is 38.5 Å². The van der Waals surface area contributed by atoms with Gasteiger partial charge >= 0.3 is 0 Å². The van der Waals surface area contributed by atoms with Gasteiger partial charge in [0.25, 0.3) is 0 Å². The van der Waals surface area contributed by atoms with E-state index in [1.807, 2.05) is 23.1 Å². The summed E-state index contributed by atoms with van der Waals surface area (Å²) in [5.41, 5.74) is 2.13.